The molecule has 0 unspecified atom stereocenters. The number of carbonyl (C=O) groups is 1. The zero-order chi connectivity index (χ0) is 13.8. The first-order valence-electron chi connectivity index (χ1n) is 7.09. The van der Waals surface area contributed by atoms with Gasteiger partial charge in [0.1, 0.15) is 6.04 Å². The van der Waals surface area contributed by atoms with Gasteiger partial charge >= 0.3 is 5.97 Å². The normalized spacial score (nSPS) is 23.3. The van der Waals surface area contributed by atoms with Crippen molar-refractivity contribution in [3.63, 3.8) is 0 Å². The monoisotopic (exact) mass is 261 g/mol. The Bertz CT molecular complexity index is 416. The van der Waals surface area contributed by atoms with E-state index in [0.29, 0.717) is 24.2 Å². The summed E-state index contributed by atoms with van der Waals surface area (Å²) in [5, 5.41) is 12.4. The Morgan fingerprint density at radius 2 is 2.05 bits per heavy atom. The molecule has 2 N–H and O–H groups in total. The van der Waals surface area contributed by atoms with Crippen LogP contribution in [-0.4, -0.2) is 23.7 Å². The molecule has 1 fully saturated rings. The van der Waals surface area contributed by atoms with Gasteiger partial charge in [0.2, 0.25) is 0 Å². The van der Waals surface area contributed by atoms with E-state index in [1.807, 2.05) is 6.07 Å². The van der Waals surface area contributed by atoms with Gasteiger partial charge in [0, 0.05) is 0 Å². The van der Waals surface area contributed by atoms with Crippen molar-refractivity contribution in [2.45, 2.75) is 38.6 Å². The van der Waals surface area contributed by atoms with Crippen LogP contribution in [0.4, 0.5) is 0 Å². The van der Waals surface area contributed by atoms with E-state index in [1.54, 1.807) is 0 Å². The van der Waals surface area contributed by atoms with Crippen molar-refractivity contribution >= 4 is 5.97 Å². The molecule has 0 radical (unpaired) electrons. The molecule has 1 aromatic carbocycles. The maximum atomic E-state index is 11.2. The Balaban J connectivity index is 1.79. The SMILES string of the molecule is CC(C)C[C@@H](NC[C@@H]1C[C@H]1c1ccccc1)C(=O)O. The lowest BCUT2D eigenvalue weighted by molar-refractivity contribution is -0.139. The highest BCUT2D eigenvalue weighted by Gasteiger charge is 2.38. The molecule has 0 aliphatic heterocycles. The number of rotatable bonds is 7. The maximum absolute atomic E-state index is 11.2. The molecule has 0 saturated heterocycles. The van der Waals surface area contributed by atoms with Gasteiger partial charge in [0.25, 0.3) is 0 Å². The number of carboxylic acids is 1. The third-order valence-corrected chi connectivity index (χ3v) is 3.78. The molecule has 3 atom stereocenters. The molecule has 2 rings (SSSR count). The Hall–Kier alpha value is -1.35. The zero-order valence-corrected chi connectivity index (χ0v) is 11.7. The molecule has 104 valence electrons. The summed E-state index contributed by atoms with van der Waals surface area (Å²) >= 11 is 0. The number of hydrogen-bond acceptors (Lipinski definition) is 2. The van der Waals surface area contributed by atoms with Crippen molar-refractivity contribution in [2.24, 2.45) is 11.8 Å². The second-order valence-electron chi connectivity index (χ2n) is 5.94. The van der Waals surface area contributed by atoms with Crippen molar-refractivity contribution in [1.82, 2.24) is 5.32 Å². The summed E-state index contributed by atoms with van der Waals surface area (Å²) in [6, 6.07) is 10.1. The van der Waals surface area contributed by atoms with E-state index >= 15 is 0 Å². The third kappa shape index (κ3) is 4.06. The standard InChI is InChI=1S/C16H23NO2/c1-11(2)8-15(16(18)19)17-10-13-9-14(13)12-6-4-3-5-7-12/h3-7,11,13-15,17H,8-10H2,1-2H3,(H,18,19)/t13-,14-,15+/m0/s1. The second kappa shape index (κ2) is 6.20. The van der Waals surface area contributed by atoms with Crippen molar-refractivity contribution in [2.75, 3.05) is 6.54 Å². The molecule has 1 aliphatic rings. The van der Waals surface area contributed by atoms with Gasteiger partial charge < -0.3 is 10.4 Å². The largest absolute Gasteiger partial charge is 0.480 e. The fraction of sp³-hybridized carbons (Fsp3) is 0.562. The number of benzene rings is 1. The first-order valence-corrected chi connectivity index (χ1v) is 7.09. The quantitative estimate of drug-likeness (QED) is 0.793. The molecule has 1 saturated carbocycles. The van der Waals surface area contributed by atoms with Crippen molar-refractivity contribution < 1.29 is 9.90 Å². The second-order valence-corrected chi connectivity index (χ2v) is 5.94. The van der Waals surface area contributed by atoms with E-state index in [0.717, 1.165) is 6.54 Å². The summed E-state index contributed by atoms with van der Waals surface area (Å²) in [6.45, 7) is 4.92. The molecule has 0 aromatic heterocycles. The predicted octanol–water partition coefficient (Wildman–Crippen LogP) is 2.88. The molecule has 3 heteroatoms. The van der Waals surface area contributed by atoms with E-state index in [9.17, 15) is 9.90 Å². The van der Waals surface area contributed by atoms with Crippen LogP contribution in [0.3, 0.4) is 0 Å². The summed E-state index contributed by atoms with van der Waals surface area (Å²) in [5.41, 5.74) is 1.38. The lowest BCUT2D eigenvalue weighted by Gasteiger charge is -2.16. The van der Waals surface area contributed by atoms with E-state index in [4.69, 9.17) is 0 Å². The van der Waals surface area contributed by atoms with Crippen molar-refractivity contribution in [3.8, 4) is 0 Å². The van der Waals surface area contributed by atoms with Crippen LogP contribution in [0, 0.1) is 11.8 Å². The Morgan fingerprint density at radius 1 is 1.37 bits per heavy atom. The van der Waals surface area contributed by atoms with Crippen LogP contribution >= 0.6 is 0 Å². The van der Waals surface area contributed by atoms with E-state index in [-0.39, 0.29) is 0 Å². The molecule has 1 aliphatic carbocycles. The molecule has 3 nitrogen and oxygen atoms in total. The van der Waals surface area contributed by atoms with Crippen LogP contribution in [0.5, 0.6) is 0 Å². The summed E-state index contributed by atoms with van der Waals surface area (Å²) in [6.07, 6.45) is 1.86. The maximum Gasteiger partial charge on any atom is 0.320 e. The lowest BCUT2D eigenvalue weighted by atomic mass is 10.0. The molecular formula is C16H23NO2. The number of nitrogens with one attached hydrogen (secondary N) is 1. The highest BCUT2D eigenvalue weighted by molar-refractivity contribution is 5.73. The minimum atomic E-state index is -0.731. The first-order chi connectivity index (χ1) is 9.08. The molecule has 0 heterocycles. The average Bonchev–Trinajstić information content (AvgIpc) is 3.14. The van der Waals surface area contributed by atoms with Crippen LogP contribution in [-0.2, 0) is 4.79 Å². The van der Waals surface area contributed by atoms with Gasteiger partial charge in [-0.3, -0.25) is 4.79 Å². The smallest absolute Gasteiger partial charge is 0.320 e. The Morgan fingerprint density at radius 3 is 2.63 bits per heavy atom. The van der Waals surface area contributed by atoms with Gasteiger partial charge in [-0.1, -0.05) is 44.2 Å². The highest BCUT2D eigenvalue weighted by Crippen LogP contribution is 2.46. The van der Waals surface area contributed by atoms with Crippen LogP contribution < -0.4 is 5.32 Å². The van der Waals surface area contributed by atoms with Gasteiger partial charge in [0.15, 0.2) is 0 Å². The topological polar surface area (TPSA) is 49.3 Å². The number of carboxylic acid groups (broad SMARTS) is 1. The Labute approximate surface area is 115 Å². The third-order valence-electron chi connectivity index (χ3n) is 3.78. The van der Waals surface area contributed by atoms with E-state index in [2.05, 4.69) is 43.4 Å². The Kier molecular flexibility index (Phi) is 4.59. The van der Waals surface area contributed by atoms with Gasteiger partial charge in [-0.15, -0.1) is 0 Å². The predicted molar refractivity (Wildman–Crippen MR) is 76.2 cm³/mol. The highest BCUT2D eigenvalue weighted by atomic mass is 16.4. The van der Waals surface area contributed by atoms with Crippen molar-refractivity contribution in [1.29, 1.82) is 0 Å². The van der Waals surface area contributed by atoms with Crippen LogP contribution in [0.1, 0.15) is 38.2 Å². The van der Waals surface area contributed by atoms with Crippen molar-refractivity contribution in [3.05, 3.63) is 35.9 Å². The van der Waals surface area contributed by atoms with Gasteiger partial charge in [-0.05, 0) is 42.7 Å². The molecule has 1 aromatic rings. The minimum Gasteiger partial charge on any atom is -0.480 e. The minimum absolute atomic E-state index is 0.401. The lowest BCUT2D eigenvalue weighted by Crippen LogP contribution is -2.39. The zero-order valence-electron chi connectivity index (χ0n) is 11.7. The summed E-state index contributed by atoms with van der Waals surface area (Å²) < 4.78 is 0. The number of aliphatic carboxylic acids is 1. The van der Waals surface area contributed by atoms with Gasteiger partial charge in [-0.2, -0.15) is 0 Å². The molecular weight excluding hydrogens is 238 g/mol. The molecule has 0 amide bonds. The molecule has 0 bridgehead atoms. The summed E-state index contributed by atoms with van der Waals surface area (Å²) in [4.78, 5) is 11.2. The van der Waals surface area contributed by atoms with Crippen LogP contribution in [0.25, 0.3) is 0 Å². The van der Waals surface area contributed by atoms with E-state index < -0.39 is 12.0 Å². The summed E-state index contributed by atoms with van der Waals surface area (Å²) in [7, 11) is 0. The van der Waals surface area contributed by atoms with Gasteiger partial charge in [0.05, 0.1) is 0 Å². The summed E-state index contributed by atoms with van der Waals surface area (Å²) in [5.74, 6) is 0.877. The average molecular weight is 261 g/mol. The van der Waals surface area contributed by atoms with Crippen LogP contribution in [0.15, 0.2) is 30.3 Å². The molecule has 19 heavy (non-hydrogen) atoms. The van der Waals surface area contributed by atoms with Crippen LogP contribution in [0.2, 0.25) is 0 Å². The fourth-order valence-corrected chi connectivity index (χ4v) is 2.62. The molecule has 0 spiro atoms. The van der Waals surface area contributed by atoms with E-state index in [1.165, 1.54) is 12.0 Å². The first kappa shape index (κ1) is 14.1. The van der Waals surface area contributed by atoms with Gasteiger partial charge in [-0.25, -0.2) is 0 Å². The number of hydrogen-bond donors (Lipinski definition) is 2. The fourth-order valence-electron chi connectivity index (χ4n) is 2.62.